The Hall–Kier alpha value is -3.65. The van der Waals surface area contributed by atoms with E-state index in [4.69, 9.17) is 4.74 Å². The summed E-state index contributed by atoms with van der Waals surface area (Å²) in [5.74, 6) is 0.239. The zero-order chi connectivity index (χ0) is 21.0. The van der Waals surface area contributed by atoms with E-state index < -0.39 is 0 Å². The SMILES string of the molecule is COc1cccc(C(=O)/C(C#N)=C/c2c(C)nn(Cc3ccc(C)cc3)c2C)c1. The number of aromatic nitrogens is 2. The van der Waals surface area contributed by atoms with Crippen LogP contribution in [0.2, 0.25) is 0 Å². The van der Waals surface area contributed by atoms with Crippen molar-refractivity contribution in [2.45, 2.75) is 27.3 Å². The molecule has 0 bridgehead atoms. The lowest BCUT2D eigenvalue weighted by molar-refractivity contribution is 0.103. The third-order valence-corrected chi connectivity index (χ3v) is 4.88. The molecule has 0 amide bonds. The van der Waals surface area contributed by atoms with Crippen molar-refractivity contribution < 1.29 is 9.53 Å². The van der Waals surface area contributed by atoms with Crippen molar-refractivity contribution >= 4 is 11.9 Å². The molecule has 1 aromatic heterocycles. The number of aryl methyl sites for hydroxylation is 2. The summed E-state index contributed by atoms with van der Waals surface area (Å²) in [6, 6.07) is 17.1. The quantitative estimate of drug-likeness (QED) is 0.352. The first-order chi connectivity index (χ1) is 13.9. The van der Waals surface area contributed by atoms with Crippen LogP contribution >= 0.6 is 0 Å². The lowest BCUT2D eigenvalue weighted by Crippen LogP contribution is -2.04. The van der Waals surface area contributed by atoms with Crippen molar-refractivity contribution in [1.82, 2.24) is 9.78 Å². The van der Waals surface area contributed by atoms with Gasteiger partial charge in [0.15, 0.2) is 0 Å². The lowest BCUT2D eigenvalue weighted by Gasteiger charge is -2.06. The van der Waals surface area contributed by atoms with E-state index in [2.05, 4.69) is 36.3 Å². The Labute approximate surface area is 170 Å². The minimum atomic E-state index is -0.337. The number of hydrogen-bond acceptors (Lipinski definition) is 4. The maximum Gasteiger partial charge on any atom is 0.203 e. The second-order valence-electron chi connectivity index (χ2n) is 6.96. The second kappa shape index (κ2) is 8.57. The average Bonchev–Trinajstić information content (AvgIpc) is 3.00. The zero-order valence-corrected chi connectivity index (χ0v) is 17.1. The highest BCUT2D eigenvalue weighted by molar-refractivity contribution is 6.14. The molecule has 0 N–H and O–H groups in total. The van der Waals surface area contributed by atoms with E-state index in [1.54, 1.807) is 37.5 Å². The van der Waals surface area contributed by atoms with Crippen molar-refractivity contribution in [2.75, 3.05) is 7.11 Å². The van der Waals surface area contributed by atoms with E-state index in [9.17, 15) is 10.1 Å². The first-order valence-electron chi connectivity index (χ1n) is 9.33. The summed E-state index contributed by atoms with van der Waals surface area (Å²) in [4.78, 5) is 12.8. The van der Waals surface area contributed by atoms with Crippen LogP contribution in [0.5, 0.6) is 5.75 Å². The molecule has 146 valence electrons. The maximum absolute atomic E-state index is 12.8. The molecule has 3 aromatic rings. The highest BCUT2D eigenvalue weighted by Crippen LogP contribution is 2.21. The normalized spacial score (nSPS) is 11.2. The van der Waals surface area contributed by atoms with Gasteiger partial charge in [-0.1, -0.05) is 42.0 Å². The van der Waals surface area contributed by atoms with Crippen molar-refractivity contribution in [3.8, 4) is 11.8 Å². The molecule has 0 aliphatic heterocycles. The van der Waals surface area contributed by atoms with Crippen LogP contribution in [0.4, 0.5) is 0 Å². The van der Waals surface area contributed by atoms with Gasteiger partial charge in [-0.15, -0.1) is 0 Å². The van der Waals surface area contributed by atoms with Gasteiger partial charge < -0.3 is 4.74 Å². The largest absolute Gasteiger partial charge is 0.497 e. The first-order valence-corrected chi connectivity index (χ1v) is 9.33. The number of rotatable bonds is 6. The Morgan fingerprint density at radius 2 is 1.90 bits per heavy atom. The fourth-order valence-corrected chi connectivity index (χ4v) is 3.15. The molecule has 0 spiro atoms. The molecule has 0 aliphatic rings. The van der Waals surface area contributed by atoms with Crippen molar-refractivity contribution in [1.29, 1.82) is 5.26 Å². The van der Waals surface area contributed by atoms with E-state index >= 15 is 0 Å². The van der Waals surface area contributed by atoms with Crippen LogP contribution in [0.15, 0.2) is 54.1 Å². The summed E-state index contributed by atoms with van der Waals surface area (Å²) in [6.45, 7) is 6.52. The molecule has 0 radical (unpaired) electrons. The molecule has 0 unspecified atom stereocenters. The topological polar surface area (TPSA) is 67.9 Å². The number of ether oxygens (including phenoxy) is 1. The van der Waals surface area contributed by atoms with E-state index in [1.165, 1.54) is 5.56 Å². The standard InChI is InChI=1S/C24H23N3O2/c1-16-8-10-19(11-9-16)15-27-18(3)23(17(2)26-27)13-21(14-25)24(28)20-6-5-7-22(12-20)29-4/h5-13H,15H2,1-4H3/b21-13+. The Balaban J connectivity index is 1.93. The Kier molecular flexibility index (Phi) is 5.94. The number of Topliss-reactive ketones (excluding diaryl/α,β-unsaturated/α-hetero) is 1. The van der Waals surface area contributed by atoms with Gasteiger partial charge in [-0.25, -0.2) is 0 Å². The first kappa shape index (κ1) is 20.1. The smallest absolute Gasteiger partial charge is 0.203 e. The number of carbonyl (C=O) groups excluding carboxylic acids is 1. The van der Waals surface area contributed by atoms with Crippen molar-refractivity contribution in [3.05, 3.63) is 87.7 Å². The van der Waals surface area contributed by atoms with Gasteiger partial charge in [0.25, 0.3) is 0 Å². The van der Waals surface area contributed by atoms with Gasteiger partial charge in [0, 0.05) is 16.8 Å². The van der Waals surface area contributed by atoms with Crippen LogP contribution in [0, 0.1) is 32.1 Å². The predicted octanol–water partition coefficient (Wildman–Crippen LogP) is 4.66. The molecule has 29 heavy (non-hydrogen) atoms. The highest BCUT2D eigenvalue weighted by Gasteiger charge is 2.16. The number of benzene rings is 2. The molecule has 0 fully saturated rings. The van der Waals surface area contributed by atoms with Crippen molar-refractivity contribution in [2.24, 2.45) is 0 Å². The predicted molar refractivity (Wildman–Crippen MR) is 113 cm³/mol. The van der Waals surface area contributed by atoms with E-state index in [-0.39, 0.29) is 11.4 Å². The van der Waals surface area contributed by atoms with Crippen LogP contribution in [-0.2, 0) is 6.54 Å². The fourth-order valence-electron chi connectivity index (χ4n) is 3.15. The number of nitriles is 1. The summed E-state index contributed by atoms with van der Waals surface area (Å²) < 4.78 is 7.07. The Bertz CT molecular complexity index is 1120. The van der Waals surface area contributed by atoms with Crippen LogP contribution in [-0.4, -0.2) is 22.7 Å². The third-order valence-electron chi connectivity index (χ3n) is 4.88. The number of nitrogens with zero attached hydrogens (tertiary/aromatic N) is 3. The molecule has 1 heterocycles. The van der Waals surface area contributed by atoms with Gasteiger partial charge in [0.1, 0.15) is 17.4 Å². The van der Waals surface area contributed by atoms with Gasteiger partial charge >= 0.3 is 0 Å². The summed E-state index contributed by atoms with van der Waals surface area (Å²) in [7, 11) is 1.54. The third kappa shape index (κ3) is 4.44. The Morgan fingerprint density at radius 3 is 2.55 bits per heavy atom. The molecule has 0 atom stereocenters. The summed E-state index contributed by atoms with van der Waals surface area (Å²) in [6.07, 6.45) is 1.63. The van der Waals surface area contributed by atoms with Gasteiger partial charge in [-0.2, -0.15) is 10.4 Å². The van der Waals surface area contributed by atoms with E-state index in [0.29, 0.717) is 17.9 Å². The minimum absolute atomic E-state index is 0.0688. The molecule has 0 aliphatic carbocycles. The monoisotopic (exact) mass is 385 g/mol. The van der Waals surface area contributed by atoms with Crippen LogP contribution in [0.3, 0.4) is 0 Å². The molecular weight excluding hydrogens is 362 g/mol. The molecular formula is C24H23N3O2. The maximum atomic E-state index is 12.8. The molecule has 5 heteroatoms. The number of allylic oxidation sites excluding steroid dienone is 1. The summed E-state index contributed by atoms with van der Waals surface area (Å²) >= 11 is 0. The van der Waals surface area contributed by atoms with E-state index in [1.807, 2.05) is 24.6 Å². The van der Waals surface area contributed by atoms with Crippen LogP contribution in [0.25, 0.3) is 6.08 Å². The van der Waals surface area contributed by atoms with Gasteiger partial charge in [0.2, 0.25) is 5.78 Å². The number of methoxy groups -OCH3 is 1. The second-order valence-corrected chi connectivity index (χ2v) is 6.96. The van der Waals surface area contributed by atoms with Gasteiger partial charge in [-0.05, 0) is 44.5 Å². The number of ketones is 1. The zero-order valence-electron chi connectivity index (χ0n) is 17.1. The molecule has 3 rings (SSSR count). The average molecular weight is 385 g/mol. The molecule has 5 nitrogen and oxygen atoms in total. The van der Waals surface area contributed by atoms with Gasteiger partial charge in [0.05, 0.1) is 19.3 Å². The minimum Gasteiger partial charge on any atom is -0.497 e. The van der Waals surface area contributed by atoms with Crippen molar-refractivity contribution in [3.63, 3.8) is 0 Å². The summed E-state index contributed by atoms with van der Waals surface area (Å²) in [5, 5.41) is 14.2. The van der Waals surface area contributed by atoms with E-state index in [0.717, 1.165) is 22.5 Å². The lowest BCUT2D eigenvalue weighted by atomic mass is 10.0. The molecule has 0 saturated carbocycles. The van der Waals surface area contributed by atoms with Crippen LogP contribution < -0.4 is 4.74 Å². The van der Waals surface area contributed by atoms with Gasteiger partial charge in [-0.3, -0.25) is 9.48 Å². The molecule has 0 saturated heterocycles. The molecule has 2 aromatic carbocycles. The number of hydrogen-bond donors (Lipinski definition) is 0. The Morgan fingerprint density at radius 1 is 1.17 bits per heavy atom. The number of carbonyl (C=O) groups is 1. The fraction of sp³-hybridized carbons (Fsp3) is 0.208. The van der Waals surface area contributed by atoms with Crippen LogP contribution in [0.1, 0.15) is 38.4 Å². The highest BCUT2D eigenvalue weighted by atomic mass is 16.5. The summed E-state index contributed by atoms with van der Waals surface area (Å²) in [5.41, 5.74) is 5.32.